The molecule has 0 radical (unpaired) electrons. The van der Waals surface area contributed by atoms with E-state index in [9.17, 15) is 9.90 Å². The van der Waals surface area contributed by atoms with Crippen LogP contribution in [0.5, 0.6) is 0 Å². The van der Waals surface area contributed by atoms with Gasteiger partial charge in [0.15, 0.2) is 6.54 Å². The van der Waals surface area contributed by atoms with Gasteiger partial charge in [-0.1, -0.05) is 141 Å². The van der Waals surface area contributed by atoms with Crippen molar-refractivity contribution in [2.45, 2.75) is 174 Å². The zero-order chi connectivity index (χ0) is 32.4. The van der Waals surface area contributed by atoms with Crippen molar-refractivity contribution in [2.24, 2.45) is 4.99 Å². The first kappa shape index (κ1) is 45.8. The zero-order valence-electron chi connectivity index (χ0n) is 30.3. The minimum atomic E-state index is -0.118. The summed E-state index contributed by atoms with van der Waals surface area (Å²) in [6.07, 6.45) is 39.3. The number of hydrogen-bond donors (Lipinski definition) is 0. The summed E-state index contributed by atoms with van der Waals surface area (Å²) >= 11 is 0. The van der Waals surface area contributed by atoms with E-state index < -0.39 is 0 Å². The molecule has 0 heterocycles. The van der Waals surface area contributed by atoms with Gasteiger partial charge < -0.3 is 19.3 Å². The van der Waals surface area contributed by atoms with Crippen LogP contribution in [0.15, 0.2) is 29.3 Å². The molecule has 0 fully saturated rings. The maximum atomic E-state index is 12.3. The molecule has 0 rings (SSSR count). The van der Waals surface area contributed by atoms with E-state index in [1.54, 1.807) is 0 Å². The first-order valence-corrected chi connectivity index (χ1v) is 18.9. The number of rotatable bonds is 33. The second kappa shape index (κ2) is 35.5. The summed E-state index contributed by atoms with van der Waals surface area (Å²) in [5, 5.41) is 12.1. The second-order valence-corrected chi connectivity index (χ2v) is 13.5. The molecule has 0 aliphatic heterocycles. The fourth-order valence-corrected chi connectivity index (χ4v) is 5.47. The third-order valence-corrected chi connectivity index (χ3v) is 8.37. The van der Waals surface area contributed by atoms with E-state index >= 15 is 0 Å². The number of halogens is 1. The molecule has 0 bridgehead atoms. The van der Waals surface area contributed by atoms with E-state index in [4.69, 9.17) is 4.74 Å². The highest BCUT2D eigenvalue weighted by atomic mass is 35.5. The number of allylic oxidation sites excluding steroid dienone is 4. The quantitative estimate of drug-likeness (QED) is 0.0177. The van der Waals surface area contributed by atoms with Gasteiger partial charge in [0.2, 0.25) is 0 Å². The van der Waals surface area contributed by atoms with Crippen molar-refractivity contribution in [3.63, 3.8) is 0 Å². The molecular weight excluding hydrogens is 580 g/mol. The zero-order valence-corrected chi connectivity index (χ0v) is 31.2. The molecule has 0 amide bonds. The van der Waals surface area contributed by atoms with Gasteiger partial charge in [0.25, 0.3) is 0 Å². The predicted molar refractivity (Wildman–Crippen MR) is 197 cm³/mol. The Labute approximate surface area is 286 Å². The number of unbranched alkanes of at least 4 members (excludes halogenated alkanes) is 19. The molecule has 0 spiro atoms. The lowest BCUT2D eigenvalue weighted by atomic mass is 10.1. The fraction of sp³-hybridized carbons (Fsp3) is 0.846. The summed E-state index contributed by atoms with van der Waals surface area (Å²) < 4.78 is 6.07. The van der Waals surface area contributed by atoms with Gasteiger partial charge in [-0.05, 0) is 57.3 Å². The van der Waals surface area contributed by atoms with Gasteiger partial charge in [-0.25, -0.2) is 4.79 Å². The standard InChI is InChI=1S/C39H74N2O3.ClH/c1-5-7-9-11-13-15-17-19-20-21-22-24-26-28-30-33-38(42)40-34-32-35-41(3,4)37-39(43)44-36-31-29-27-25-23-18-16-14-12-10-8-6-2;/h13,15,19-20H,5-12,14,16-18,21-37H2,1-4H3;1H/b15-13-,20-19-;. The lowest BCUT2D eigenvalue weighted by Crippen LogP contribution is -2.45. The van der Waals surface area contributed by atoms with Crippen LogP contribution in [-0.4, -0.2) is 56.7 Å². The number of carbonyl (C=O) groups is 1. The van der Waals surface area contributed by atoms with Crippen LogP contribution in [0, 0.1) is 0 Å². The van der Waals surface area contributed by atoms with Gasteiger partial charge >= 0.3 is 5.97 Å². The number of nitrogens with zero attached hydrogens (tertiary/aromatic N) is 2. The molecule has 0 aromatic carbocycles. The molecule has 0 atom stereocenters. The number of aliphatic imine (C=N–C) groups is 1. The van der Waals surface area contributed by atoms with Crippen molar-refractivity contribution < 1.29 is 19.1 Å². The third-order valence-electron chi connectivity index (χ3n) is 8.37. The SMILES string of the molecule is CCCCC/C=C\C/C=C\CCCCCCCC([O-])=NCCC[N+](C)(C)CC(=O)OCCCCCCCCCCCCCC.Cl. The molecule has 266 valence electrons. The normalized spacial score (nSPS) is 12.3. The molecule has 0 saturated heterocycles. The van der Waals surface area contributed by atoms with Crippen molar-refractivity contribution >= 4 is 24.3 Å². The van der Waals surface area contributed by atoms with Gasteiger partial charge in [0.05, 0.1) is 27.2 Å². The third kappa shape index (κ3) is 37.0. The summed E-state index contributed by atoms with van der Waals surface area (Å²) in [6.45, 7) is 6.79. The highest BCUT2D eigenvalue weighted by Gasteiger charge is 2.20. The highest BCUT2D eigenvalue weighted by Crippen LogP contribution is 2.12. The van der Waals surface area contributed by atoms with E-state index in [0.29, 0.717) is 30.6 Å². The summed E-state index contributed by atoms with van der Waals surface area (Å²) in [4.78, 5) is 16.5. The van der Waals surface area contributed by atoms with Crippen LogP contribution >= 0.6 is 12.4 Å². The molecule has 0 unspecified atom stereocenters. The summed E-state index contributed by atoms with van der Waals surface area (Å²) in [6, 6.07) is 0. The Hall–Kier alpha value is -1.33. The molecule has 0 saturated carbocycles. The minimum absolute atomic E-state index is 0. The molecule has 45 heavy (non-hydrogen) atoms. The largest absolute Gasteiger partial charge is 0.862 e. The van der Waals surface area contributed by atoms with Gasteiger partial charge in [-0.3, -0.25) is 0 Å². The van der Waals surface area contributed by atoms with Crippen LogP contribution in [-0.2, 0) is 9.53 Å². The molecule has 0 N–H and O–H groups in total. The summed E-state index contributed by atoms with van der Waals surface area (Å²) in [7, 11) is 4.10. The summed E-state index contributed by atoms with van der Waals surface area (Å²) in [5.41, 5.74) is 0. The average molecular weight is 655 g/mol. The molecule has 0 aromatic heterocycles. The maximum absolute atomic E-state index is 12.3. The number of ether oxygens (including phenoxy) is 1. The van der Waals surface area contributed by atoms with Crippen molar-refractivity contribution in [1.29, 1.82) is 0 Å². The van der Waals surface area contributed by atoms with Crippen LogP contribution < -0.4 is 5.11 Å². The first-order valence-electron chi connectivity index (χ1n) is 18.9. The lowest BCUT2D eigenvalue weighted by Gasteiger charge is -2.28. The molecule has 6 heteroatoms. The lowest BCUT2D eigenvalue weighted by molar-refractivity contribution is -0.883. The number of likely N-dealkylation sites (N-methyl/N-ethyl adjacent to an activating group) is 1. The Morgan fingerprint density at radius 1 is 0.644 bits per heavy atom. The number of carbonyl (C=O) groups excluding carboxylic acids is 1. The minimum Gasteiger partial charge on any atom is -0.862 e. The van der Waals surface area contributed by atoms with Crippen molar-refractivity contribution in [3.05, 3.63) is 24.3 Å². The number of hydrogen-bond acceptors (Lipinski definition) is 4. The first-order chi connectivity index (χ1) is 21.4. The van der Waals surface area contributed by atoms with E-state index in [2.05, 4.69) is 57.2 Å². The molecule has 0 aliphatic carbocycles. The van der Waals surface area contributed by atoms with E-state index in [0.717, 1.165) is 51.5 Å². The topological polar surface area (TPSA) is 61.7 Å². The Balaban J connectivity index is 0. The Bertz CT molecular complexity index is 721. The maximum Gasteiger partial charge on any atom is 0.361 e. The fourth-order valence-electron chi connectivity index (χ4n) is 5.47. The van der Waals surface area contributed by atoms with Crippen LogP contribution in [0.3, 0.4) is 0 Å². The molecular formula is C39H75ClN2O3. The Morgan fingerprint density at radius 3 is 1.69 bits per heavy atom. The van der Waals surface area contributed by atoms with Crippen molar-refractivity contribution in [2.75, 3.05) is 40.3 Å². The highest BCUT2D eigenvalue weighted by molar-refractivity contribution is 5.85. The van der Waals surface area contributed by atoms with Gasteiger partial charge in [-0.2, -0.15) is 0 Å². The van der Waals surface area contributed by atoms with Crippen LogP contribution in [0.2, 0.25) is 0 Å². The van der Waals surface area contributed by atoms with Gasteiger partial charge in [0, 0.05) is 13.0 Å². The number of esters is 1. The second-order valence-electron chi connectivity index (χ2n) is 13.5. The van der Waals surface area contributed by atoms with E-state index in [1.807, 2.05) is 0 Å². The van der Waals surface area contributed by atoms with Crippen LogP contribution in [0.1, 0.15) is 174 Å². The van der Waals surface area contributed by atoms with Gasteiger partial charge in [0.1, 0.15) is 0 Å². The van der Waals surface area contributed by atoms with Crippen LogP contribution in [0.4, 0.5) is 0 Å². The Morgan fingerprint density at radius 2 is 1.11 bits per heavy atom. The smallest absolute Gasteiger partial charge is 0.361 e. The average Bonchev–Trinajstić information content (AvgIpc) is 2.99. The van der Waals surface area contributed by atoms with E-state index in [-0.39, 0.29) is 24.3 Å². The molecule has 0 aliphatic rings. The monoisotopic (exact) mass is 655 g/mol. The summed E-state index contributed by atoms with van der Waals surface area (Å²) in [5.74, 6) is -0.0877. The molecule has 0 aromatic rings. The Kier molecular flexibility index (Phi) is 36.1. The number of quaternary nitrogens is 1. The van der Waals surface area contributed by atoms with E-state index in [1.165, 1.54) is 109 Å². The van der Waals surface area contributed by atoms with Gasteiger partial charge in [-0.15, -0.1) is 12.4 Å². The predicted octanol–water partition coefficient (Wildman–Crippen LogP) is 10.7. The molecule has 5 nitrogen and oxygen atoms in total. The van der Waals surface area contributed by atoms with Crippen molar-refractivity contribution in [3.8, 4) is 0 Å². The van der Waals surface area contributed by atoms with Crippen molar-refractivity contribution in [1.82, 2.24) is 0 Å². The van der Waals surface area contributed by atoms with Crippen LogP contribution in [0.25, 0.3) is 0 Å².